The average molecular weight is 416 g/mol. The van der Waals surface area contributed by atoms with Gasteiger partial charge in [0.1, 0.15) is 0 Å². The number of rotatable bonds is 7. The number of carbonyl (C=O) groups is 1. The fourth-order valence-electron chi connectivity index (χ4n) is 3.27. The molecule has 1 aromatic heterocycles. The summed E-state index contributed by atoms with van der Waals surface area (Å²) in [4.78, 5) is 22.6. The van der Waals surface area contributed by atoms with Crippen LogP contribution in [0.4, 0.5) is 4.79 Å². The van der Waals surface area contributed by atoms with Crippen LogP contribution in [0.5, 0.6) is 0 Å². The number of hydrogen-bond acceptors (Lipinski definition) is 5. The number of likely N-dealkylation sites (tertiary alicyclic amines) is 1. The van der Waals surface area contributed by atoms with Crippen LogP contribution in [-0.4, -0.2) is 47.7 Å². The highest BCUT2D eigenvalue weighted by Gasteiger charge is 2.23. The van der Waals surface area contributed by atoms with Crippen molar-refractivity contribution in [3.05, 3.63) is 52.0 Å². The molecule has 1 amide bonds. The lowest BCUT2D eigenvalue weighted by Gasteiger charge is -2.31. The van der Waals surface area contributed by atoms with Crippen LogP contribution in [0.3, 0.4) is 0 Å². The van der Waals surface area contributed by atoms with E-state index in [4.69, 9.17) is 10.5 Å². The van der Waals surface area contributed by atoms with E-state index in [9.17, 15) is 4.79 Å². The first-order valence-corrected chi connectivity index (χ1v) is 11.0. The third-order valence-electron chi connectivity index (χ3n) is 4.85. The van der Waals surface area contributed by atoms with Gasteiger partial charge in [0.2, 0.25) is 0 Å². The van der Waals surface area contributed by atoms with Crippen molar-refractivity contribution in [2.75, 3.05) is 19.7 Å². The molecule has 0 atom stereocenters. The number of aryl methyl sites for hydroxylation is 2. The van der Waals surface area contributed by atoms with E-state index in [1.165, 1.54) is 5.56 Å². The molecular weight excluding hydrogens is 386 g/mol. The Hall–Kier alpha value is -2.61. The molecule has 7 nitrogen and oxygen atoms in total. The van der Waals surface area contributed by atoms with E-state index in [0.29, 0.717) is 32.2 Å². The van der Waals surface area contributed by atoms with Gasteiger partial charge in [-0.3, -0.25) is 0 Å². The molecule has 1 aromatic carbocycles. The van der Waals surface area contributed by atoms with Crippen LogP contribution in [0, 0.1) is 0 Å². The summed E-state index contributed by atoms with van der Waals surface area (Å²) in [6, 6.07) is 10.7. The van der Waals surface area contributed by atoms with Gasteiger partial charge in [0.05, 0.1) is 23.9 Å². The van der Waals surface area contributed by atoms with Gasteiger partial charge in [0.15, 0.2) is 5.96 Å². The third-order valence-corrected chi connectivity index (χ3v) is 5.81. The van der Waals surface area contributed by atoms with Crippen molar-refractivity contribution >= 4 is 23.4 Å². The minimum atomic E-state index is -0.237. The molecule has 2 heterocycles. The summed E-state index contributed by atoms with van der Waals surface area (Å²) in [6.07, 6.45) is 3.35. The molecule has 0 spiro atoms. The summed E-state index contributed by atoms with van der Waals surface area (Å²) in [5.41, 5.74) is 8.31. The number of benzene rings is 1. The van der Waals surface area contributed by atoms with E-state index in [0.717, 1.165) is 36.4 Å². The molecule has 8 heteroatoms. The van der Waals surface area contributed by atoms with Gasteiger partial charge in [-0.2, -0.15) is 0 Å². The number of hydrogen-bond donors (Lipinski definition) is 2. The number of ether oxygens (including phenoxy) is 1. The van der Waals surface area contributed by atoms with E-state index >= 15 is 0 Å². The van der Waals surface area contributed by atoms with Crippen molar-refractivity contribution in [1.82, 2.24) is 15.2 Å². The third kappa shape index (κ3) is 6.74. The SMILES string of the molecule is CCOC(=O)N1CCC(NC(N)=NCc2csc(CCc3ccccc3)n2)CC1. The highest BCUT2D eigenvalue weighted by molar-refractivity contribution is 7.09. The molecule has 0 aliphatic carbocycles. The lowest BCUT2D eigenvalue weighted by Crippen LogP contribution is -2.48. The van der Waals surface area contributed by atoms with Crippen LogP contribution in [-0.2, 0) is 24.1 Å². The first-order chi connectivity index (χ1) is 14.1. The van der Waals surface area contributed by atoms with Crippen molar-refractivity contribution in [3.8, 4) is 0 Å². The highest BCUT2D eigenvalue weighted by atomic mass is 32.1. The molecule has 1 aliphatic heterocycles. The summed E-state index contributed by atoms with van der Waals surface area (Å²) in [5, 5.41) is 6.43. The van der Waals surface area contributed by atoms with E-state index in [-0.39, 0.29) is 12.1 Å². The lowest BCUT2D eigenvalue weighted by molar-refractivity contribution is 0.0963. The van der Waals surface area contributed by atoms with Crippen molar-refractivity contribution in [3.63, 3.8) is 0 Å². The predicted molar refractivity (Wildman–Crippen MR) is 116 cm³/mol. The van der Waals surface area contributed by atoms with Crippen molar-refractivity contribution in [1.29, 1.82) is 0 Å². The number of thiazole rings is 1. The Bertz CT molecular complexity index is 800. The van der Waals surface area contributed by atoms with E-state index < -0.39 is 0 Å². The largest absolute Gasteiger partial charge is 0.450 e. The van der Waals surface area contributed by atoms with Gasteiger partial charge >= 0.3 is 6.09 Å². The zero-order chi connectivity index (χ0) is 20.5. The van der Waals surface area contributed by atoms with Crippen LogP contribution < -0.4 is 11.1 Å². The topological polar surface area (TPSA) is 92.8 Å². The Labute approximate surface area is 176 Å². The summed E-state index contributed by atoms with van der Waals surface area (Å²) < 4.78 is 5.04. The van der Waals surface area contributed by atoms with E-state index in [1.807, 2.05) is 13.0 Å². The highest BCUT2D eigenvalue weighted by Crippen LogP contribution is 2.14. The molecule has 1 aliphatic rings. The fourth-order valence-corrected chi connectivity index (χ4v) is 4.06. The van der Waals surface area contributed by atoms with Gasteiger partial charge in [0, 0.05) is 30.9 Å². The standard InChI is InChI=1S/C21H29N5O2S/c1-2-28-21(27)26-12-10-17(11-13-26)25-20(22)23-14-18-15-29-19(24-18)9-8-16-6-4-3-5-7-16/h3-7,15,17H,2,8-14H2,1H3,(H3,22,23,25). The van der Waals surface area contributed by atoms with Crippen LogP contribution in [0.25, 0.3) is 0 Å². The monoisotopic (exact) mass is 415 g/mol. The molecule has 0 bridgehead atoms. The number of nitrogens with two attached hydrogens (primary N) is 1. The minimum Gasteiger partial charge on any atom is -0.450 e. The second-order valence-electron chi connectivity index (χ2n) is 7.02. The smallest absolute Gasteiger partial charge is 0.409 e. The summed E-state index contributed by atoms with van der Waals surface area (Å²) in [6.45, 7) is 4.03. The number of aromatic nitrogens is 1. The van der Waals surface area contributed by atoms with Gasteiger partial charge in [-0.15, -0.1) is 11.3 Å². The maximum Gasteiger partial charge on any atom is 0.409 e. The number of nitrogens with one attached hydrogen (secondary N) is 1. The maximum atomic E-state index is 11.7. The Balaban J connectivity index is 1.40. The molecule has 3 N–H and O–H groups in total. The first-order valence-electron chi connectivity index (χ1n) is 10.1. The molecule has 0 unspecified atom stereocenters. The van der Waals surface area contributed by atoms with Crippen molar-refractivity contribution in [2.24, 2.45) is 10.7 Å². The number of carbonyl (C=O) groups excluding carboxylic acids is 1. The van der Waals surface area contributed by atoms with Crippen molar-refractivity contribution < 1.29 is 9.53 Å². The molecule has 0 radical (unpaired) electrons. The molecule has 0 saturated carbocycles. The van der Waals surface area contributed by atoms with Gasteiger partial charge < -0.3 is 20.7 Å². The second-order valence-corrected chi connectivity index (χ2v) is 7.97. The fraction of sp³-hybridized carbons (Fsp3) is 0.476. The average Bonchev–Trinajstić information content (AvgIpc) is 3.20. The molecule has 3 rings (SSSR count). The number of amides is 1. The number of guanidine groups is 1. The van der Waals surface area contributed by atoms with Gasteiger partial charge in [-0.25, -0.2) is 14.8 Å². The summed E-state index contributed by atoms with van der Waals surface area (Å²) in [5.74, 6) is 0.429. The van der Waals surface area contributed by atoms with Crippen LogP contribution in [0.2, 0.25) is 0 Å². The molecule has 1 fully saturated rings. The zero-order valence-corrected chi connectivity index (χ0v) is 17.7. The molecule has 29 heavy (non-hydrogen) atoms. The second kappa shape index (κ2) is 10.8. The maximum absolute atomic E-state index is 11.7. The molecular formula is C21H29N5O2S. The molecule has 2 aromatic rings. The van der Waals surface area contributed by atoms with Gasteiger partial charge in [-0.05, 0) is 31.7 Å². The molecule has 156 valence electrons. The van der Waals surface area contributed by atoms with Crippen LogP contribution in [0.1, 0.15) is 36.0 Å². The quantitative estimate of drug-likeness (QED) is 0.536. The summed E-state index contributed by atoms with van der Waals surface area (Å²) in [7, 11) is 0. The van der Waals surface area contributed by atoms with Crippen molar-refractivity contribution in [2.45, 2.75) is 45.2 Å². The van der Waals surface area contributed by atoms with E-state index in [2.05, 4.69) is 44.9 Å². The predicted octanol–water partition coefficient (Wildman–Crippen LogP) is 2.95. The summed E-state index contributed by atoms with van der Waals surface area (Å²) >= 11 is 1.67. The Morgan fingerprint density at radius 2 is 2.07 bits per heavy atom. The Morgan fingerprint density at radius 3 is 2.79 bits per heavy atom. The van der Waals surface area contributed by atoms with Crippen LogP contribution in [0.15, 0.2) is 40.7 Å². The molecule has 1 saturated heterocycles. The first kappa shape index (κ1) is 21.1. The number of nitrogens with zero attached hydrogens (tertiary/aromatic N) is 3. The van der Waals surface area contributed by atoms with Crippen LogP contribution >= 0.6 is 11.3 Å². The number of aliphatic imine (C=N–C) groups is 1. The Morgan fingerprint density at radius 1 is 1.31 bits per heavy atom. The normalized spacial score (nSPS) is 15.3. The van der Waals surface area contributed by atoms with Gasteiger partial charge in [-0.1, -0.05) is 30.3 Å². The number of piperidine rings is 1. The van der Waals surface area contributed by atoms with Gasteiger partial charge in [0.25, 0.3) is 0 Å². The van der Waals surface area contributed by atoms with E-state index in [1.54, 1.807) is 16.2 Å². The minimum absolute atomic E-state index is 0.223. The Kier molecular flexibility index (Phi) is 7.86. The lowest BCUT2D eigenvalue weighted by atomic mass is 10.1. The zero-order valence-electron chi connectivity index (χ0n) is 16.8.